The van der Waals surface area contributed by atoms with Crippen LogP contribution in [0, 0.1) is 5.92 Å². The number of aromatic amines is 1. The molecule has 136 valence electrons. The summed E-state index contributed by atoms with van der Waals surface area (Å²) in [5.41, 5.74) is 2.64. The zero-order valence-electron chi connectivity index (χ0n) is 14.9. The number of likely N-dealkylation sites (tertiary alicyclic amines) is 2. The smallest absolute Gasteiger partial charge is 0.253 e. The van der Waals surface area contributed by atoms with Crippen molar-refractivity contribution in [2.24, 2.45) is 5.92 Å². The Morgan fingerprint density at radius 1 is 0.923 bits per heavy atom. The third-order valence-corrected chi connectivity index (χ3v) is 5.49. The summed E-state index contributed by atoms with van der Waals surface area (Å²) in [4.78, 5) is 29.1. The topological polar surface area (TPSA) is 69.3 Å². The molecule has 2 fully saturated rings. The summed E-state index contributed by atoms with van der Waals surface area (Å²) in [6.45, 7) is 3.12. The van der Waals surface area contributed by atoms with Crippen LogP contribution < -0.4 is 0 Å². The molecular weight excluding hydrogens is 328 g/mol. The van der Waals surface area contributed by atoms with Gasteiger partial charge in [-0.1, -0.05) is 12.1 Å². The monoisotopic (exact) mass is 352 g/mol. The van der Waals surface area contributed by atoms with E-state index in [1.807, 2.05) is 40.1 Å². The number of H-pyrrole nitrogens is 1. The van der Waals surface area contributed by atoms with Crippen LogP contribution in [0.15, 0.2) is 36.5 Å². The molecule has 4 rings (SSSR count). The Bertz CT molecular complexity index is 756. The minimum absolute atomic E-state index is 0.0493. The molecule has 2 aromatic rings. The fourth-order valence-corrected chi connectivity index (χ4v) is 3.92. The first-order valence-electron chi connectivity index (χ1n) is 9.40. The van der Waals surface area contributed by atoms with Gasteiger partial charge in [0, 0.05) is 43.9 Å². The molecule has 0 aliphatic carbocycles. The summed E-state index contributed by atoms with van der Waals surface area (Å²) in [6, 6.07) is 9.49. The largest absolute Gasteiger partial charge is 0.342 e. The number of nitrogens with zero attached hydrogens (tertiary/aromatic N) is 3. The Hall–Kier alpha value is -2.63. The van der Waals surface area contributed by atoms with Gasteiger partial charge in [0.1, 0.15) is 0 Å². The molecule has 6 nitrogen and oxygen atoms in total. The van der Waals surface area contributed by atoms with E-state index < -0.39 is 0 Å². The predicted octanol–water partition coefficient (Wildman–Crippen LogP) is 2.55. The van der Waals surface area contributed by atoms with Gasteiger partial charge < -0.3 is 9.80 Å². The number of nitrogens with one attached hydrogen (secondary N) is 1. The molecule has 0 saturated carbocycles. The lowest BCUT2D eigenvalue weighted by Gasteiger charge is -2.33. The lowest BCUT2D eigenvalue weighted by atomic mass is 9.94. The van der Waals surface area contributed by atoms with Gasteiger partial charge in [-0.25, -0.2) is 0 Å². The van der Waals surface area contributed by atoms with Crippen LogP contribution in [-0.2, 0) is 4.79 Å². The summed E-state index contributed by atoms with van der Waals surface area (Å²) in [7, 11) is 0. The lowest BCUT2D eigenvalue weighted by Crippen LogP contribution is -2.43. The van der Waals surface area contributed by atoms with E-state index in [0.29, 0.717) is 24.6 Å². The van der Waals surface area contributed by atoms with Crippen molar-refractivity contribution in [3.63, 3.8) is 0 Å². The van der Waals surface area contributed by atoms with Crippen molar-refractivity contribution < 1.29 is 9.59 Å². The van der Waals surface area contributed by atoms with E-state index in [-0.39, 0.29) is 11.8 Å². The van der Waals surface area contributed by atoms with Gasteiger partial charge in [0.15, 0.2) is 0 Å². The third-order valence-electron chi connectivity index (χ3n) is 5.49. The molecule has 0 bridgehead atoms. The van der Waals surface area contributed by atoms with Crippen molar-refractivity contribution in [2.45, 2.75) is 25.7 Å². The first-order valence-corrected chi connectivity index (χ1v) is 9.40. The van der Waals surface area contributed by atoms with Crippen LogP contribution in [0.5, 0.6) is 0 Å². The number of benzene rings is 1. The molecule has 1 N–H and O–H groups in total. The van der Waals surface area contributed by atoms with E-state index in [2.05, 4.69) is 10.2 Å². The number of hydrogen-bond donors (Lipinski definition) is 1. The van der Waals surface area contributed by atoms with Gasteiger partial charge >= 0.3 is 0 Å². The fourth-order valence-electron chi connectivity index (χ4n) is 3.92. The SMILES string of the molecule is O=C(c1ccc(-c2ccn[nH]2)cc1)N1CCC(C(=O)N2CCCC2)CC1. The molecule has 3 heterocycles. The second-order valence-electron chi connectivity index (χ2n) is 7.15. The van der Waals surface area contributed by atoms with Crippen molar-refractivity contribution in [3.8, 4) is 11.3 Å². The molecule has 1 aromatic carbocycles. The maximum Gasteiger partial charge on any atom is 0.253 e. The molecule has 2 aliphatic rings. The van der Waals surface area contributed by atoms with Gasteiger partial charge in [0.05, 0.1) is 5.69 Å². The average Bonchev–Trinajstić information content (AvgIpc) is 3.41. The summed E-state index contributed by atoms with van der Waals surface area (Å²) in [6.07, 6.45) is 5.50. The molecule has 26 heavy (non-hydrogen) atoms. The zero-order chi connectivity index (χ0) is 17.9. The number of hydrogen-bond acceptors (Lipinski definition) is 3. The first kappa shape index (κ1) is 16.8. The minimum Gasteiger partial charge on any atom is -0.342 e. The highest BCUT2D eigenvalue weighted by Gasteiger charge is 2.31. The quantitative estimate of drug-likeness (QED) is 0.923. The Morgan fingerprint density at radius 2 is 1.62 bits per heavy atom. The second-order valence-corrected chi connectivity index (χ2v) is 7.15. The summed E-state index contributed by atoms with van der Waals surface area (Å²) >= 11 is 0. The number of rotatable bonds is 3. The molecule has 2 saturated heterocycles. The highest BCUT2D eigenvalue weighted by molar-refractivity contribution is 5.95. The second kappa shape index (κ2) is 7.32. The molecule has 0 atom stereocenters. The number of carbonyl (C=O) groups is 2. The van der Waals surface area contributed by atoms with Crippen molar-refractivity contribution in [1.82, 2.24) is 20.0 Å². The number of amides is 2. The van der Waals surface area contributed by atoms with Crippen LogP contribution in [-0.4, -0.2) is 58.0 Å². The van der Waals surface area contributed by atoms with Crippen LogP contribution in [0.4, 0.5) is 0 Å². The van der Waals surface area contributed by atoms with Crippen LogP contribution in [0.3, 0.4) is 0 Å². The van der Waals surface area contributed by atoms with Gasteiger partial charge in [0.25, 0.3) is 5.91 Å². The number of piperidine rings is 1. The van der Waals surface area contributed by atoms with Crippen LogP contribution >= 0.6 is 0 Å². The van der Waals surface area contributed by atoms with Crippen LogP contribution in [0.2, 0.25) is 0 Å². The molecule has 2 amide bonds. The molecule has 0 radical (unpaired) electrons. The summed E-state index contributed by atoms with van der Waals surface area (Å²) in [5, 5.41) is 6.87. The van der Waals surface area contributed by atoms with Gasteiger partial charge in [-0.3, -0.25) is 14.7 Å². The normalized spacial score (nSPS) is 18.3. The van der Waals surface area contributed by atoms with Gasteiger partial charge in [-0.2, -0.15) is 5.10 Å². The maximum atomic E-state index is 12.7. The van der Waals surface area contributed by atoms with Crippen molar-refractivity contribution in [2.75, 3.05) is 26.2 Å². The summed E-state index contributed by atoms with van der Waals surface area (Å²) in [5.74, 6) is 0.423. The van der Waals surface area contributed by atoms with Gasteiger partial charge in [0.2, 0.25) is 5.91 Å². The third kappa shape index (κ3) is 3.36. The Morgan fingerprint density at radius 3 is 2.23 bits per heavy atom. The molecule has 1 aromatic heterocycles. The first-order chi connectivity index (χ1) is 12.7. The maximum absolute atomic E-state index is 12.7. The molecule has 6 heteroatoms. The van der Waals surface area contributed by atoms with Crippen molar-refractivity contribution >= 4 is 11.8 Å². The Labute approximate surface area is 153 Å². The molecule has 2 aliphatic heterocycles. The fraction of sp³-hybridized carbons (Fsp3) is 0.450. The van der Waals surface area contributed by atoms with Crippen LogP contribution in [0.1, 0.15) is 36.0 Å². The number of carbonyl (C=O) groups excluding carboxylic acids is 2. The predicted molar refractivity (Wildman–Crippen MR) is 98.5 cm³/mol. The van der Waals surface area contributed by atoms with Crippen LogP contribution in [0.25, 0.3) is 11.3 Å². The Balaban J connectivity index is 1.35. The van der Waals surface area contributed by atoms with E-state index in [0.717, 1.165) is 50.0 Å². The molecular formula is C20H24N4O2. The van der Waals surface area contributed by atoms with E-state index >= 15 is 0 Å². The Kier molecular flexibility index (Phi) is 4.73. The average molecular weight is 352 g/mol. The van der Waals surface area contributed by atoms with E-state index in [1.165, 1.54) is 0 Å². The highest BCUT2D eigenvalue weighted by Crippen LogP contribution is 2.24. The van der Waals surface area contributed by atoms with Crippen molar-refractivity contribution in [3.05, 3.63) is 42.1 Å². The molecule has 0 unspecified atom stereocenters. The van der Waals surface area contributed by atoms with Crippen molar-refractivity contribution in [1.29, 1.82) is 0 Å². The van der Waals surface area contributed by atoms with E-state index in [1.54, 1.807) is 6.20 Å². The van der Waals surface area contributed by atoms with E-state index in [4.69, 9.17) is 0 Å². The van der Waals surface area contributed by atoms with Gasteiger partial charge in [-0.05, 0) is 49.4 Å². The number of aromatic nitrogens is 2. The molecule has 0 spiro atoms. The van der Waals surface area contributed by atoms with Gasteiger partial charge in [-0.15, -0.1) is 0 Å². The highest BCUT2D eigenvalue weighted by atomic mass is 16.2. The summed E-state index contributed by atoms with van der Waals surface area (Å²) < 4.78 is 0. The lowest BCUT2D eigenvalue weighted by molar-refractivity contribution is -0.135. The van der Waals surface area contributed by atoms with E-state index in [9.17, 15) is 9.59 Å². The zero-order valence-corrected chi connectivity index (χ0v) is 14.9. The standard InChI is InChI=1S/C20H24N4O2/c25-19(16-5-3-15(4-6-16)18-7-10-21-22-18)24-13-8-17(9-14-24)20(26)23-11-1-2-12-23/h3-7,10,17H,1-2,8-9,11-14H2,(H,21,22). The minimum atomic E-state index is 0.0493.